The first-order valence-electron chi connectivity index (χ1n) is 12.5. The van der Waals surface area contributed by atoms with E-state index >= 15 is 0 Å². The van der Waals surface area contributed by atoms with Crippen LogP contribution < -0.4 is 10.1 Å². The summed E-state index contributed by atoms with van der Waals surface area (Å²) in [5.74, 6) is 0.257. The van der Waals surface area contributed by atoms with Crippen LogP contribution in [0.1, 0.15) is 46.7 Å². The fourth-order valence-corrected chi connectivity index (χ4v) is 5.56. The summed E-state index contributed by atoms with van der Waals surface area (Å²) < 4.78 is 5.30. The predicted octanol–water partition coefficient (Wildman–Crippen LogP) is 5.80. The number of amides is 2. The number of hydrazone groups is 1. The summed E-state index contributed by atoms with van der Waals surface area (Å²) in [6.45, 7) is 6.08. The fourth-order valence-electron chi connectivity index (χ4n) is 4.50. The molecule has 0 saturated carbocycles. The van der Waals surface area contributed by atoms with E-state index in [-0.39, 0.29) is 24.3 Å². The first kappa shape index (κ1) is 25.7. The molecular weight excluding hydrogens is 496 g/mol. The summed E-state index contributed by atoms with van der Waals surface area (Å²) in [4.78, 5) is 30.0. The number of anilines is 1. The molecule has 5 rings (SSSR count). The molecular formula is C30H30N4O3S. The van der Waals surface area contributed by atoms with Crippen LogP contribution in [0.25, 0.3) is 0 Å². The predicted molar refractivity (Wildman–Crippen MR) is 153 cm³/mol. The lowest BCUT2D eigenvalue weighted by molar-refractivity contribution is -0.121. The van der Waals surface area contributed by atoms with Crippen molar-refractivity contribution >= 4 is 40.1 Å². The van der Waals surface area contributed by atoms with Gasteiger partial charge in [0, 0.05) is 18.5 Å². The molecule has 2 heterocycles. The summed E-state index contributed by atoms with van der Waals surface area (Å²) in [6, 6.07) is 21.8. The van der Waals surface area contributed by atoms with Crippen LogP contribution in [0.3, 0.4) is 0 Å². The number of carbonyl (C=O) groups excluding carboxylic acids is 2. The standard InChI is InChI=1S/C30H30N4O3S/c1-18-5-8-22(9-6-18)26-16-25(21-10-13-24(37-4)14-11-21)33-34(26)30-32-29(36)27(38-30)17-28(35)31-23-12-7-19(2)20(3)15-23/h5-15,26-27H,16-17H2,1-4H3,(H,31,35)/t26-,27-/m1/s1. The largest absolute Gasteiger partial charge is 0.497 e. The van der Waals surface area contributed by atoms with Crippen molar-refractivity contribution in [2.75, 3.05) is 12.4 Å². The van der Waals surface area contributed by atoms with Crippen LogP contribution in [0.4, 0.5) is 5.69 Å². The van der Waals surface area contributed by atoms with E-state index in [2.05, 4.69) is 41.5 Å². The average molecular weight is 527 g/mol. The third-order valence-electron chi connectivity index (χ3n) is 6.88. The van der Waals surface area contributed by atoms with Crippen molar-refractivity contribution in [3.8, 4) is 5.75 Å². The molecule has 0 saturated heterocycles. The number of hydrogen-bond donors (Lipinski definition) is 1. The summed E-state index contributed by atoms with van der Waals surface area (Å²) in [7, 11) is 1.64. The van der Waals surface area contributed by atoms with Gasteiger partial charge in [-0.15, -0.1) is 0 Å². The van der Waals surface area contributed by atoms with Gasteiger partial charge in [-0.2, -0.15) is 10.1 Å². The Labute approximate surface area is 227 Å². The highest BCUT2D eigenvalue weighted by molar-refractivity contribution is 8.15. The Morgan fingerprint density at radius 2 is 1.76 bits per heavy atom. The van der Waals surface area contributed by atoms with E-state index in [9.17, 15) is 9.59 Å². The molecule has 0 radical (unpaired) electrons. The quantitative estimate of drug-likeness (QED) is 0.439. The first-order valence-corrected chi connectivity index (χ1v) is 13.4. The van der Waals surface area contributed by atoms with Crippen molar-refractivity contribution in [2.24, 2.45) is 10.1 Å². The van der Waals surface area contributed by atoms with Crippen molar-refractivity contribution < 1.29 is 14.3 Å². The van der Waals surface area contributed by atoms with E-state index in [0.29, 0.717) is 11.6 Å². The summed E-state index contributed by atoms with van der Waals surface area (Å²) in [5, 5.41) is 9.60. The molecule has 194 valence electrons. The minimum Gasteiger partial charge on any atom is -0.497 e. The molecule has 0 unspecified atom stereocenters. The zero-order valence-corrected chi connectivity index (χ0v) is 22.7. The van der Waals surface area contributed by atoms with E-state index in [1.165, 1.54) is 17.3 Å². The van der Waals surface area contributed by atoms with Gasteiger partial charge in [-0.25, -0.2) is 5.01 Å². The fraction of sp³-hybridized carbons (Fsp3) is 0.267. The third-order valence-corrected chi connectivity index (χ3v) is 8.02. The maximum absolute atomic E-state index is 12.9. The Kier molecular flexibility index (Phi) is 7.33. The third kappa shape index (κ3) is 5.50. The Morgan fingerprint density at radius 3 is 2.45 bits per heavy atom. The van der Waals surface area contributed by atoms with Gasteiger partial charge in [-0.1, -0.05) is 47.7 Å². The number of thioether (sulfide) groups is 1. The van der Waals surface area contributed by atoms with Gasteiger partial charge in [0.2, 0.25) is 5.91 Å². The number of aryl methyl sites for hydroxylation is 3. The van der Waals surface area contributed by atoms with Gasteiger partial charge in [-0.05, 0) is 79.4 Å². The average Bonchev–Trinajstić information content (AvgIpc) is 3.51. The van der Waals surface area contributed by atoms with Crippen molar-refractivity contribution in [3.63, 3.8) is 0 Å². The second-order valence-electron chi connectivity index (χ2n) is 9.64. The Bertz CT molecular complexity index is 1430. The van der Waals surface area contributed by atoms with Gasteiger partial charge in [-0.3, -0.25) is 9.59 Å². The summed E-state index contributed by atoms with van der Waals surface area (Å²) in [5.41, 5.74) is 7.14. The van der Waals surface area contributed by atoms with Crippen LogP contribution in [0.15, 0.2) is 76.8 Å². The zero-order chi connectivity index (χ0) is 26.8. The van der Waals surface area contributed by atoms with E-state index in [0.717, 1.165) is 39.4 Å². The monoisotopic (exact) mass is 526 g/mol. The first-order chi connectivity index (χ1) is 18.3. The molecule has 0 fully saturated rings. The zero-order valence-electron chi connectivity index (χ0n) is 21.9. The molecule has 7 nitrogen and oxygen atoms in total. The number of carbonyl (C=O) groups is 2. The molecule has 1 N–H and O–H groups in total. The molecule has 0 bridgehead atoms. The van der Waals surface area contributed by atoms with E-state index in [4.69, 9.17) is 9.84 Å². The summed E-state index contributed by atoms with van der Waals surface area (Å²) >= 11 is 1.30. The maximum atomic E-state index is 12.9. The van der Waals surface area contributed by atoms with Crippen LogP contribution >= 0.6 is 11.8 Å². The molecule has 2 aliphatic rings. The molecule has 8 heteroatoms. The van der Waals surface area contributed by atoms with Crippen molar-refractivity contribution in [1.82, 2.24) is 5.01 Å². The SMILES string of the molecule is COc1ccc(C2=NN(C3=NC(=O)[C@@H](CC(=O)Nc4ccc(C)c(C)c4)S3)[C@@H](c3ccc(C)cc3)C2)cc1. The van der Waals surface area contributed by atoms with Crippen molar-refractivity contribution in [2.45, 2.75) is 44.9 Å². The number of methoxy groups -OCH3 is 1. The van der Waals surface area contributed by atoms with Gasteiger partial charge in [0.25, 0.3) is 5.91 Å². The lowest BCUT2D eigenvalue weighted by Crippen LogP contribution is -2.25. The lowest BCUT2D eigenvalue weighted by Gasteiger charge is -2.23. The van der Waals surface area contributed by atoms with E-state index in [1.807, 2.05) is 61.3 Å². The molecule has 0 aliphatic carbocycles. The van der Waals surface area contributed by atoms with E-state index in [1.54, 1.807) is 7.11 Å². The van der Waals surface area contributed by atoms with Crippen LogP contribution in [0.2, 0.25) is 0 Å². The molecule has 2 amide bonds. The normalized spacial score (nSPS) is 18.8. The number of hydrogen-bond acceptors (Lipinski definition) is 6. The van der Waals surface area contributed by atoms with Gasteiger partial charge >= 0.3 is 0 Å². The van der Waals surface area contributed by atoms with Crippen LogP contribution in [-0.2, 0) is 9.59 Å². The number of rotatable bonds is 6. The second kappa shape index (κ2) is 10.8. The number of nitrogens with one attached hydrogen (secondary N) is 1. The molecule has 0 aromatic heterocycles. The summed E-state index contributed by atoms with van der Waals surface area (Å²) in [6.07, 6.45) is 0.711. The highest BCUT2D eigenvalue weighted by Gasteiger charge is 2.39. The van der Waals surface area contributed by atoms with E-state index < -0.39 is 5.25 Å². The second-order valence-corrected chi connectivity index (χ2v) is 10.8. The van der Waals surface area contributed by atoms with Gasteiger partial charge in [0.15, 0.2) is 5.17 Å². The number of ether oxygens (including phenoxy) is 1. The highest BCUT2D eigenvalue weighted by atomic mass is 32.2. The topological polar surface area (TPSA) is 83.4 Å². The number of nitrogens with zero attached hydrogens (tertiary/aromatic N) is 3. The van der Waals surface area contributed by atoms with Crippen molar-refractivity contribution in [1.29, 1.82) is 0 Å². The van der Waals surface area contributed by atoms with Gasteiger partial charge in [0.05, 0.1) is 18.9 Å². The Hall–Kier alpha value is -3.91. The molecule has 3 aromatic carbocycles. The molecule has 3 aromatic rings. The smallest absolute Gasteiger partial charge is 0.262 e. The minimum absolute atomic E-state index is 0.0432. The lowest BCUT2D eigenvalue weighted by atomic mass is 9.98. The Morgan fingerprint density at radius 1 is 1.03 bits per heavy atom. The molecule has 38 heavy (non-hydrogen) atoms. The van der Waals surface area contributed by atoms with Gasteiger partial charge < -0.3 is 10.1 Å². The van der Waals surface area contributed by atoms with Crippen LogP contribution in [-0.4, -0.2) is 40.1 Å². The van der Waals surface area contributed by atoms with Crippen molar-refractivity contribution in [3.05, 3.63) is 94.5 Å². The molecule has 2 aliphatic heterocycles. The molecule has 0 spiro atoms. The highest BCUT2D eigenvalue weighted by Crippen LogP contribution is 2.39. The number of amidine groups is 1. The number of benzene rings is 3. The Balaban J connectivity index is 1.34. The number of aliphatic imine (C=N–C) groups is 1. The van der Waals surface area contributed by atoms with Crippen LogP contribution in [0.5, 0.6) is 5.75 Å². The van der Waals surface area contributed by atoms with Crippen LogP contribution in [0, 0.1) is 20.8 Å². The molecule has 2 atom stereocenters. The maximum Gasteiger partial charge on any atom is 0.262 e. The van der Waals surface area contributed by atoms with Gasteiger partial charge in [0.1, 0.15) is 11.0 Å². The minimum atomic E-state index is -0.588.